The van der Waals surface area contributed by atoms with E-state index in [0.717, 1.165) is 36.2 Å². The molecule has 0 bridgehead atoms. The van der Waals surface area contributed by atoms with Gasteiger partial charge in [-0.2, -0.15) is 0 Å². The van der Waals surface area contributed by atoms with Crippen LogP contribution in [-0.4, -0.2) is 16.9 Å². The van der Waals surface area contributed by atoms with Gasteiger partial charge in [-0.15, -0.1) is 0 Å². The number of hydrogen-bond donors (Lipinski definition) is 1. The molecule has 0 saturated heterocycles. The Bertz CT molecular complexity index is 836. The molecule has 1 aliphatic carbocycles. The largest absolute Gasteiger partial charge is 0.380 e. The van der Waals surface area contributed by atoms with Crippen molar-refractivity contribution in [2.75, 3.05) is 10.2 Å². The number of nitro benzene ring substituents is 1. The minimum Gasteiger partial charge on any atom is -0.380 e. The average Bonchev–Trinajstić information content (AvgIpc) is 3.04. The lowest BCUT2D eigenvalue weighted by Gasteiger charge is -2.25. The lowest BCUT2D eigenvalue weighted by molar-refractivity contribution is -0.384. The van der Waals surface area contributed by atoms with Crippen molar-refractivity contribution in [3.63, 3.8) is 0 Å². The number of benzene rings is 2. The van der Waals surface area contributed by atoms with Crippen LogP contribution in [0, 0.1) is 16.0 Å². The van der Waals surface area contributed by atoms with Crippen molar-refractivity contribution in [3.05, 3.63) is 64.2 Å². The average molecular weight is 337 g/mol. The topological polar surface area (TPSA) is 75.5 Å². The Hall–Kier alpha value is -2.89. The fraction of sp³-hybridized carbons (Fsp3) is 0.316. The van der Waals surface area contributed by atoms with E-state index < -0.39 is 4.92 Å². The molecule has 1 amide bonds. The van der Waals surface area contributed by atoms with E-state index in [9.17, 15) is 14.9 Å². The van der Waals surface area contributed by atoms with Crippen LogP contribution in [0.2, 0.25) is 0 Å². The number of para-hydroxylation sites is 2. The van der Waals surface area contributed by atoms with Crippen LogP contribution in [-0.2, 0) is 11.3 Å². The highest BCUT2D eigenvalue weighted by molar-refractivity contribution is 6.00. The van der Waals surface area contributed by atoms with Crippen molar-refractivity contribution in [3.8, 4) is 0 Å². The van der Waals surface area contributed by atoms with E-state index in [1.165, 1.54) is 6.07 Å². The third-order valence-corrected chi connectivity index (χ3v) is 5.10. The van der Waals surface area contributed by atoms with E-state index in [1.807, 2.05) is 30.3 Å². The zero-order chi connectivity index (χ0) is 17.4. The van der Waals surface area contributed by atoms with Gasteiger partial charge in [0.2, 0.25) is 5.91 Å². The molecule has 6 heteroatoms. The molecule has 1 N–H and O–H groups in total. The first-order valence-corrected chi connectivity index (χ1v) is 8.54. The first-order valence-electron chi connectivity index (χ1n) is 8.54. The standard InChI is InChI=1S/C19H19N3O3/c23-19-15-7-4-9-16(15)20-17-8-1-2-10-18(17)21(19)12-13-5-3-6-14(11-13)22(24)25/h1-3,5-6,8,10-11,15-16,20H,4,7,9,12H2/t15-,16+/m0/s1. The molecule has 2 aliphatic rings. The molecule has 2 atom stereocenters. The van der Waals surface area contributed by atoms with E-state index in [0.29, 0.717) is 6.54 Å². The molecule has 0 aromatic heterocycles. The maximum atomic E-state index is 13.2. The number of hydrogen-bond acceptors (Lipinski definition) is 4. The Morgan fingerprint density at radius 2 is 2.00 bits per heavy atom. The molecular weight excluding hydrogens is 318 g/mol. The van der Waals surface area contributed by atoms with Crippen LogP contribution >= 0.6 is 0 Å². The molecule has 6 nitrogen and oxygen atoms in total. The molecule has 0 unspecified atom stereocenters. The lowest BCUT2D eigenvalue weighted by atomic mass is 10.0. The van der Waals surface area contributed by atoms with Gasteiger partial charge in [0.25, 0.3) is 5.69 Å². The van der Waals surface area contributed by atoms with E-state index in [4.69, 9.17) is 0 Å². The van der Waals surface area contributed by atoms with Gasteiger partial charge in [-0.25, -0.2) is 0 Å². The maximum Gasteiger partial charge on any atom is 0.269 e. The van der Waals surface area contributed by atoms with Gasteiger partial charge in [0.05, 0.1) is 28.8 Å². The van der Waals surface area contributed by atoms with Crippen LogP contribution in [0.3, 0.4) is 0 Å². The summed E-state index contributed by atoms with van der Waals surface area (Å²) < 4.78 is 0. The number of carbonyl (C=O) groups is 1. The van der Waals surface area contributed by atoms with Crippen molar-refractivity contribution in [2.45, 2.75) is 31.8 Å². The minimum atomic E-state index is -0.406. The van der Waals surface area contributed by atoms with E-state index >= 15 is 0 Å². The minimum absolute atomic E-state index is 0.0360. The summed E-state index contributed by atoms with van der Waals surface area (Å²) in [6.45, 7) is 0.336. The lowest BCUT2D eigenvalue weighted by Crippen LogP contribution is -2.38. The predicted octanol–water partition coefficient (Wildman–Crippen LogP) is 3.72. The Balaban J connectivity index is 1.72. The maximum absolute atomic E-state index is 13.2. The summed E-state index contributed by atoms with van der Waals surface area (Å²) in [7, 11) is 0. The highest BCUT2D eigenvalue weighted by atomic mass is 16.6. The molecule has 2 aromatic rings. The fourth-order valence-corrected chi connectivity index (χ4v) is 3.89. The summed E-state index contributed by atoms with van der Waals surface area (Å²) in [4.78, 5) is 25.6. The van der Waals surface area contributed by atoms with Gasteiger partial charge in [-0.1, -0.05) is 30.7 Å². The van der Waals surface area contributed by atoms with Crippen LogP contribution in [0.5, 0.6) is 0 Å². The molecule has 4 rings (SSSR count). The smallest absolute Gasteiger partial charge is 0.269 e. The summed E-state index contributed by atoms with van der Waals surface area (Å²) >= 11 is 0. The Labute approximate surface area is 145 Å². The SMILES string of the molecule is O=C1[C@H]2CCC[C@H]2Nc2ccccc2N1Cc1cccc([N+](=O)[O-])c1. The van der Waals surface area contributed by atoms with Crippen LogP contribution < -0.4 is 10.2 Å². The predicted molar refractivity (Wildman–Crippen MR) is 95.5 cm³/mol. The number of nitrogens with zero attached hydrogens (tertiary/aromatic N) is 2. The number of non-ortho nitro benzene ring substituents is 1. The third-order valence-electron chi connectivity index (χ3n) is 5.10. The number of nitro groups is 1. The molecule has 0 radical (unpaired) electrons. The van der Waals surface area contributed by atoms with Gasteiger partial charge < -0.3 is 10.2 Å². The van der Waals surface area contributed by atoms with Gasteiger partial charge in [-0.3, -0.25) is 14.9 Å². The first kappa shape index (κ1) is 15.6. The van der Waals surface area contributed by atoms with E-state index in [2.05, 4.69) is 5.32 Å². The second kappa shape index (κ2) is 6.20. The Kier molecular flexibility index (Phi) is 3.87. The second-order valence-electron chi connectivity index (χ2n) is 6.66. The van der Waals surface area contributed by atoms with Crippen molar-refractivity contribution in [1.29, 1.82) is 0 Å². The number of rotatable bonds is 3. The normalized spacial score (nSPS) is 21.9. The molecule has 128 valence electrons. The summed E-state index contributed by atoms with van der Waals surface area (Å²) in [5.41, 5.74) is 2.60. The van der Waals surface area contributed by atoms with Crippen LogP contribution in [0.25, 0.3) is 0 Å². The van der Waals surface area contributed by atoms with Gasteiger partial charge >= 0.3 is 0 Å². The number of anilines is 2. The monoisotopic (exact) mass is 337 g/mol. The van der Waals surface area contributed by atoms with Crippen LogP contribution in [0.4, 0.5) is 17.1 Å². The molecule has 25 heavy (non-hydrogen) atoms. The summed E-state index contributed by atoms with van der Waals surface area (Å²) in [5, 5.41) is 14.6. The highest BCUT2D eigenvalue weighted by Gasteiger charge is 2.39. The van der Waals surface area contributed by atoms with Crippen molar-refractivity contribution in [2.24, 2.45) is 5.92 Å². The van der Waals surface area contributed by atoms with Gasteiger partial charge in [-0.05, 0) is 30.5 Å². The van der Waals surface area contributed by atoms with Crippen LogP contribution in [0.1, 0.15) is 24.8 Å². The molecule has 1 heterocycles. The van der Waals surface area contributed by atoms with Crippen molar-refractivity contribution < 1.29 is 9.72 Å². The summed E-state index contributed by atoms with van der Waals surface area (Å²) in [6, 6.07) is 14.5. The first-order chi connectivity index (χ1) is 12.1. The van der Waals surface area contributed by atoms with Crippen molar-refractivity contribution in [1.82, 2.24) is 0 Å². The Morgan fingerprint density at radius 1 is 1.16 bits per heavy atom. The molecule has 1 saturated carbocycles. The zero-order valence-electron chi connectivity index (χ0n) is 13.7. The number of amides is 1. The van der Waals surface area contributed by atoms with E-state index in [1.54, 1.807) is 17.0 Å². The number of fused-ring (bicyclic) bond motifs is 2. The summed E-state index contributed by atoms with van der Waals surface area (Å²) in [5.74, 6) is 0.0672. The highest BCUT2D eigenvalue weighted by Crippen LogP contribution is 2.39. The van der Waals surface area contributed by atoms with Crippen LogP contribution in [0.15, 0.2) is 48.5 Å². The second-order valence-corrected chi connectivity index (χ2v) is 6.66. The molecule has 1 fully saturated rings. The molecule has 0 spiro atoms. The molecule has 2 aromatic carbocycles. The van der Waals surface area contributed by atoms with Gasteiger partial charge in [0, 0.05) is 18.2 Å². The molecular formula is C19H19N3O3. The van der Waals surface area contributed by atoms with Gasteiger partial charge in [0.1, 0.15) is 0 Å². The Morgan fingerprint density at radius 3 is 2.84 bits per heavy atom. The third kappa shape index (κ3) is 2.84. The summed E-state index contributed by atoms with van der Waals surface area (Å²) in [6.07, 6.45) is 2.92. The van der Waals surface area contributed by atoms with E-state index in [-0.39, 0.29) is 23.6 Å². The molecule has 1 aliphatic heterocycles. The number of carbonyl (C=O) groups excluding carboxylic acids is 1. The van der Waals surface area contributed by atoms with Gasteiger partial charge in [0.15, 0.2) is 0 Å². The zero-order valence-corrected chi connectivity index (χ0v) is 13.7. The fourth-order valence-electron chi connectivity index (χ4n) is 3.89. The quantitative estimate of drug-likeness (QED) is 0.684. The number of nitrogens with one attached hydrogen (secondary N) is 1. The van der Waals surface area contributed by atoms with Crippen molar-refractivity contribution >= 4 is 23.0 Å².